The number of para-hydroxylation sites is 1. The Balaban J connectivity index is 1.67. The first-order valence-corrected chi connectivity index (χ1v) is 13.1. The maximum Gasteiger partial charge on any atom is 0.260 e. The van der Waals surface area contributed by atoms with Crippen LogP contribution in [-0.4, -0.2) is 41.7 Å². The van der Waals surface area contributed by atoms with Gasteiger partial charge in [-0.2, -0.15) is 4.31 Å². The van der Waals surface area contributed by atoms with E-state index in [2.05, 4.69) is 23.1 Å². The second-order valence-corrected chi connectivity index (χ2v) is 10.5. The second-order valence-electron chi connectivity index (χ2n) is 7.60. The molecule has 0 N–H and O–H groups in total. The lowest BCUT2D eigenvalue weighted by molar-refractivity contribution is 0.0984. The highest BCUT2D eigenvalue weighted by Gasteiger charge is 2.25. The molecule has 0 aliphatic carbocycles. The van der Waals surface area contributed by atoms with E-state index in [1.54, 1.807) is 11.1 Å². The highest BCUT2D eigenvalue weighted by atomic mass is 32.2. The fraction of sp³-hybridized carbons (Fsp3) is 0.115. The van der Waals surface area contributed by atoms with Gasteiger partial charge in [0.25, 0.3) is 5.91 Å². The average Bonchev–Trinajstić information content (AvgIpc) is 3.31. The van der Waals surface area contributed by atoms with Crippen LogP contribution in [0.2, 0.25) is 0 Å². The number of nitrogens with zero attached hydrogens (tertiary/aromatic N) is 4. The van der Waals surface area contributed by atoms with E-state index in [0.29, 0.717) is 16.4 Å². The summed E-state index contributed by atoms with van der Waals surface area (Å²) < 4.78 is 28.2. The monoisotopic (exact) mass is 504 g/mol. The number of amides is 1. The van der Waals surface area contributed by atoms with Crippen LogP contribution in [0.1, 0.15) is 16.1 Å². The number of thiazole rings is 1. The molecule has 35 heavy (non-hydrogen) atoms. The zero-order valence-corrected chi connectivity index (χ0v) is 20.6. The number of hydrogen-bond acceptors (Lipinski definition) is 6. The van der Waals surface area contributed by atoms with Crippen molar-refractivity contribution in [2.75, 3.05) is 18.0 Å². The molecule has 2 aromatic carbocycles. The third-order valence-corrected chi connectivity index (χ3v) is 8.11. The molecule has 7 nitrogen and oxygen atoms in total. The van der Waals surface area contributed by atoms with Gasteiger partial charge in [0.1, 0.15) is 0 Å². The van der Waals surface area contributed by atoms with Gasteiger partial charge in [0.2, 0.25) is 10.0 Å². The third kappa shape index (κ3) is 5.37. The van der Waals surface area contributed by atoms with Gasteiger partial charge in [-0.1, -0.05) is 41.7 Å². The molecule has 0 saturated carbocycles. The van der Waals surface area contributed by atoms with Crippen molar-refractivity contribution < 1.29 is 13.2 Å². The van der Waals surface area contributed by atoms with E-state index >= 15 is 0 Å². The lowest BCUT2D eigenvalue weighted by atomic mass is 10.2. The van der Waals surface area contributed by atoms with Crippen molar-refractivity contribution in [3.8, 4) is 0 Å². The maximum atomic E-state index is 13.6. The largest absolute Gasteiger partial charge is 0.278 e. The van der Waals surface area contributed by atoms with Gasteiger partial charge in [0.15, 0.2) is 5.13 Å². The van der Waals surface area contributed by atoms with Crippen molar-refractivity contribution in [3.05, 3.63) is 109 Å². The highest BCUT2D eigenvalue weighted by molar-refractivity contribution is 7.89. The van der Waals surface area contributed by atoms with Crippen LogP contribution < -0.4 is 4.90 Å². The van der Waals surface area contributed by atoms with Gasteiger partial charge >= 0.3 is 0 Å². The number of anilines is 1. The van der Waals surface area contributed by atoms with Crippen LogP contribution in [0.3, 0.4) is 0 Å². The van der Waals surface area contributed by atoms with Crippen LogP contribution in [0, 0.1) is 0 Å². The summed E-state index contributed by atoms with van der Waals surface area (Å²) in [4.78, 5) is 24.3. The third-order valence-electron chi connectivity index (χ3n) is 5.21. The summed E-state index contributed by atoms with van der Waals surface area (Å²) >= 11 is 1.41. The quantitative estimate of drug-likeness (QED) is 0.287. The van der Waals surface area contributed by atoms with E-state index < -0.39 is 10.0 Å². The van der Waals surface area contributed by atoms with Gasteiger partial charge in [-0.05, 0) is 48.5 Å². The van der Waals surface area contributed by atoms with E-state index in [1.165, 1.54) is 52.1 Å². The van der Waals surface area contributed by atoms with E-state index in [9.17, 15) is 13.2 Å². The first-order chi connectivity index (χ1) is 16.9. The number of aromatic nitrogens is 2. The van der Waals surface area contributed by atoms with Gasteiger partial charge < -0.3 is 0 Å². The zero-order chi connectivity index (χ0) is 24.8. The molecule has 1 amide bonds. The van der Waals surface area contributed by atoms with Crippen LogP contribution in [0.15, 0.2) is 103 Å². The Bertz CT molecular complexity index is 1410. The first-order valence-electron chi connectivity index (χ1n) is 10.8. The lowest BCUT2D eigenvalue weighted by Crippen LogP contribution is -2.32. The summed E-state index contributed by atoms with van der Waals surface area (Å²) in [5.41, 5.74) is 1.86. The Kier molecular flexibility index (Phi) is 7.50. The minimum absolute atomic E-state index is 0.0917. The maximum absolute atomic E-state index is 13.6. The van der Waals surface area contributed by atoms with E-state index in [-0.39, 0.29) is 30.4 Å². The highest BCUT2D eigenvalue weighted by Crippen LogP contribution is 2.30. The molecule has 0 atom stereocenters. The van der Waals surface area contributed by atoms with Crippen molar-refractivity contribution in [2.45, 2.75) is 11.4 Å². The summed E-state index contributed by atoms with van der Waals surface area (Å²) in [7, 11) is -3.76. The van der Waals surface area contributed by atoms with Crippen molar-refractivity contribution in [1.29, 1.82) is 0 Å². The normalized spacial score (nSPS) is 11.5. The average molecular weight is 505 g/mol. The SMILES string of the molecule is C=CCN(CC=C)S(=O)(=O)c1ccc(C(=O)N(Cc2ccccn2)c2nc3ccccc3s2)cc1. The first kappa shape index (κ1) is 24.5. The zero-order valence-electron chi connectivity index (χ0n) is 18.9. The summed E-state index contributed by atoms with van der Waals surface area (Å²) in [6.45, 7) is 7.79. The minimum Gasteiger partial charge on any atom is -0.278 e. The molecule has 0 aliphatic heterocycles. The number of benzene rings is 2. The molecule has 178 valence electrons. The summed E-state index contributed by atoms with van der Waals surface area (Å²) in [6, 6.07) is 19.1. The van der Waals surface area contributed by atoms with Gasteiger partial charge in [-0.25, -0.2) is 13.4 Å². The number of hydrogen-bond donors (Lipinski definition) is 0. The molecular weight excluding hydrogens is 480 g/mol. The number of pyridine rings is 1. The van der Waals surface area contributed by atoms with Gasteiger partial charge in [0.05, 0.1) is 27.4 Å². The van der Waals surface area contributed by atoms with Crippen LogP contribution in [0.4, 0.5) is 5.13 Å². The predicted molar refractivity (Wildman–Crippen MR) is 140 cm³/mol. The van der Waals surface area contributed by atoms with Crippen molar-refractivity contribution in [2.24, 2.45) is 0 Å². The molecule has 0 unspecified atom stereocenters. The molecule has 0 aliphatic rings. The van der Waals surface area contributed by atoms with E-state index in [0.717, 1.165) is 10.2 Å². The molecule has 0 fully saturated rings. The number of carbonyl (C=O) groups excluding carboxylic acids is 1. The number of rotatable bonds is 10. The molecule has 2 aromatic heterocycles. The van der Waals surface area contributed by atoms with Crippen molar-refractivity contribution in [3.63, 3.8) is 0 Å². The topological polar surface area (TPSA) is 83.5 Å². The molecule has 4 rings (SSSR count). The summed E-state index contributed by atoms with van der Waals surface area (Å²) in [5, 5.41) is 0.543. The van der Waals surface area contributed by atoms with E-state index in [1.807, 2.05) is 42.5 Å². The van der Waals surface area contributed by atoms with Crippen LogP contribution in [-0.2, 0) is 16.6 Å². The number of sulfonamides is 1. The molecule has 0 radical (unpaired) electrons. The molecule has 4 aromatic rings. The fourth-order valence-electron chi connectivity index (χ4n) is 3.49. The van der Waals surface area contributed by atoms with Crippen molar-refractivity contribution in [1.82, 2.24) is 14.3 Å². The number of carbonyl (C=O) groups is 1. The standard InChI is InChI=1S/C26H24N4O3S2/c1-3-17-29(18-4-2)35(32,33)22-14-12-20(13-15-22)25(31)30(19-21-9-7-8-16-27-21)26-28-23-10-5-6-11-24(23)34-26/h3-16H,1-2,17-19H2. The van der Waals surface area contributed by atoms with Crippen LogP contribution >= 0.6 is 11.3 Å². The summed E-state index contributed by atoms with van der Waals surface area (Å²) in [6.07, 6.45) is 4.72. The van der Waals surface area contributed by atoms with Gasteiger partial charge in [-0.15, -0.1) is 13.2 Å². The molecule has 0 spiro atoms. The Morgan fingerprint density at radius 1 is 0.943 bits per heavy atom. The minimum atomic E-state index is -3.76. The Morgan fingerprint density at radius 2 is 1.63 bits per heavy atom. The predicted octanol–water partition coefficient (Wildman–Crippen LogP) is 4.90. The summed E-state index contributed by atoms with van der Waals surface area (Å²) in [5.74, 6) is -0.298. The van der Waals surface area contributed by atoms with Gasteiger partial charge in [0, 0.05) is 24.8 Å². The van der Waals surface area contributed by atoms with Crippen LogP contribution in [0.25, 0.3) is 10.2 Å². The smallest absolute Gasteiger partial charge is 0.260 e. The van der Waals surface area contributed by atoms with Gasteiger partial charge in [-0.3, -0.25) is 14.7 Å². The van der Waals surface area contributed by atoms with Crippen LogP contribution in [0.5, 0.6) is 0 Å². The second kappa shape index (κ2) is 10.7. The van der Waals surface area contributed by atoms with Crippen molar-refractivity contribution >= 4 is 42.6 Å². The van der Waals surface area contributed by atoms with E-state index in [4.69, 9.17) is 0 Å². The lowest BCUT2D eigenvalue weighted by Gasteiger charge is -2.21. The Labute approximate surface area is 208 Å². The molecule has 0 saturated heterocycles. The fourth-order valence-corrected chi connectivity index (χ4v) is 5.83. The number of fused-ring (bicyclic) bond motifs is 1. The molecule has 0 bridgehead atoms. The molecule has 9 heteroatoms. The Morgan fingerprint density at radius 3 is 2.26 bits per heavy atom. The Hall–Kier alpha value is -3.66. The molecule has 2 heterocycles. The molecular formula is C26H24N4O3S2.